The lowest BCUT2D eigenvalue weighted by molar-refractivity contribution is -0.186. The molecular formula is C22H24FN5O2. The van der Waals surface area contributed by atoms with E-state index in [1.165, 1.54) is 12.1 Å². The standard InChI is InChI=1S/C22H24FN5O2/c23-17-5-3-15(4-6-17)18-19(27-20(26-18)21-29-13-2-14-30-21)16-7-11-28(12-8-16)22-24-9-1-10-25-22/h1,3-6,9-10,16,21H,2,7-8,11-14H2,(H,26,27). The third-order valence-corrected chi connectivity index (χ3v) is 5.66. The van der Waals surface area contributed by atoms with E-state index in [1.807, 2.05) is 6.07 Å². The van der Waals surface area contributed by atoms with Gasteiger partial charge < -0.3 is 19.4 Å². The summed E-state index contributed by atoms with van der Waals surface area (Å²) in [5.41, 5.74) is 2.79. The van der Waals surface area contributed by atoms with Crippen LogP contribution in [0, 0.1) is 5.82 Å². The number of aromatic nitrogens is 4. The molecule has 0 unspecified atom stereocenters. The average molecular weight is 409 g/mol. The number of piperidine rings is 1. The molecule has 156 valence electrons. The Kier molecular flexibility index (Phi) is 5.42. The summed E-state index contributed by atoms with van der Waals surface area (Å²) in [6.07, 6.45) is 5.83. The molecule has 5 rings (SSSR count). The first-order chi connectivity index (χ1) is 14.8. The molecule has 7 nitrogen and oxygen atoms in total. The second kappa shape index (κ2) is 8.49. The predicted molar refractivity (Wildman–Crippen MR) is 109 cm³/mol. The number of aromatic amines is 1. The summed E-state index contributed by atoms with van der Waals surface area (Å²) in [6, 6.07) is 8.31. The zero-order valence-corrected chi connectivity index (χ0v) is 16.6. The molecule has 0 radical (unpaired) electrons. The average Bonchev–Trinajstić information content (AvgIpc) is 3.26. The summed E-state index contributed by atoms with van der Waals surface area (Å²) in [7, 11) is 0. The second-order valence-electron chi connectivity index (χ2n) is 7.63. The summed E-state index contributed by atoms with van der Waals surface area (Å²) >= 11 is 0. The van der Waals surface area contributed by atoms with Crippen molar-refractivity contribution in [2.24, 2.45) is 0 Å². The Bertz CT molecular complexity index is 965. The number of halogens is 1. The van der Waals surface area contributed by atoms with Gasteiger partial charge in [0, 0.05) is 42.7 Å². The molecule has 1 aromatic carbocycles. The van der Waals surface area contributed by atoms with Gasteiger partial charge in [-0.05, 0) is 49.6 Å². The molecule has 0 atom stereocenters. The smallest absolute Gasteiger partial charge is 0.225 e. The van der Waals surface area contributed by atoms with E-state index in [-0.39, 0.29) is 5.82 Å². The maximum absolute atomic E-state index is 13.5. The van der Waals surface area contributed by atoms with Crippen molar-refractivity contribution >= 4 is 5.95 Å². The number of benzene rings is 1. The molecule has 0 bridgehead atoms. The van der Waals surface area contributed by atoms with E-state index < -0.39 is 6.29 Å². The van der Waals surface area contributed by atoms with Gasteiger partial charge in [0.25, 0.3) is 0 Å². The Labute approximate surface area is 174 Å². The van der Waals surface area contributed by atoms with Gasteiger partial charge in [0.15, 0.2) is 5.82 Å². The number of rotatable bonds is 4. The third kappa shape index (κ3) is 3.93. The summed E-state index contributed by atoms with van der Waals surface area (Å²) in [5, 5.41) is 0. The fraction of sp³-hybridized carbons (Fsp3) is 0.409. The van der Waals surface area contributed by atoms with Crippen LogP contribution in [0.5, 0.6) is 0 Å². The van der Waals surface area contributed by atoms with Crippen LogP contribution in [0.1, 0.15) is 43.0 Å². The fourth-order valence-corrected chi connectivity index (χ4v) is 4.11. The van der Waals surface area contributed by atoms with Gasteiger partial charge in [0.1, 0.15) is 5.82 Å². The summed E-state index contributed by atoms with van der Waals surface area (Å²) in [5.74, 6) is 1.49. The molecule has 2 saturated heterocycles. The first-order valence-corrected chi connectivity index (χ1v) is 10.4. The Morgan fingerprint density at radius 3 is 2.40 bits per heavy atom. The third-order valence-electron chi connectivity index (χ3n) is 5.66. The van der Waals surface area contributed by atoms with Crippen LogP contribution in [0.15, 0.2) is 42.7 Å². The topological polar surface area (TPSA) is 76.2 Å². The van der Waals surface area contributed by atoms with Gasteiger partial charge in [-0.2, -0.15) is 0 Å². The minimum atomic E-state index is -0.482. The molecule has 0 aliphatic carbocycles. The largest absolute Gasteiger partial charge is 0.346 e. The van der Waals surface area contributed by atoms with Crippen molar-refractivity contribution in [2.75, 3.05) is 31.2 Å². The van der Waals surface area contributed by atoms with Gasteiger partial charge in [-0.1, -0.05) is 0 Å². The van der Waals surface area contributed by atoms with Crippen LogP contribution in [0.25, 0.3) is 11.3 Å². The molecule has 2 aliphatic rings. The minimum absolute atomic E-state index is 0.258. The Balaban J connectivity index is 1.41. The molecular weight excluding hydrogens is 385 g/mol. The number of nitrogens with zero attached hydrogens (tertiary/aromatic N) is 4. The lowest BCUT2D eigenvalue weighted by atomic mass is 9.91. The molecule has 0 spiro atoms. The molecule has 3 aromatic rings. The quantitative estimate of drug-likeness (QED) is 0.706. The van der Waals surface area contributed by atoms with Gasteiger partial charge >= 0.3 is 0 Å². The number of ether oxygens (including phenoxy) is 2. The maximum atomic E-state index is 13.5. The lowest BCUT2D eigenvalue weighted by Gasteiger charge is -2.31. The summed E-state index contributed by atoms with van der Waals surface area (Å²) < 4.78 is 25.0. The number of hydrogen-bond donors (Lipinski definition) is 1. The molecule has 30 heavy (non-hydrogen) atoms. The molecule has 2 aliphatic heterocycles. The van der Waals surface area contributed by atoms with E-state index in [2.05, 4.69) is 19.9 Å². The van der Waals surface area contributed by atoms with E-state index in [0.717, 1.165) is 55.3 Å². The highest BCUT2D eigenvalue weighted by Crippen LogP contribution is 2.36. The molecule has 2 aromatic heterocycles. The number of H-pyrrole nitrogens is 1. The number of imidazole rings is 1. The van der Waals surface area contributed by atoms with Crippen LogP contribution in [-0.4, -0.2) is 46.2 Å². The van der Waals surface area contributed by atoms with Gasteiger partial charge in [-0.15, -0.1) is 0 Å². The van der Waals surface area contributed by atoms with Crippen molar-refractivity contribution in [2.45, 2.75) is 31.5 Å². The number of anilines is 1. The number of hydrogen-bond acceptors (Lipinski definition) is 6. The Morgan fingerprint density at radius 1 is 1.00 bits per heavy atom. The number of nitrogens with one attached hydrogen (secondary N) is 1. The van der Waals surface area contributed by atoms with E-state index >= 15 is 0 Å². The highest BCUT2D eigenvalue weighted by molar-refractivity contribution is 5.63. The Morgan fingerprint density at radius 2 is 1.70 bits per heavy atom. The monoisotopic (exact) mass is 409 g/mol. The molecule has 4 heterocycles. The molecule has 0 amide bonds. The second-order valence-corrected chi connectivity index (χ2v) is 7.63. The summed E-state index contributed by atoms with van der Waals surface area (Å²) in [4.78, 5) is 19.2. The van der Waals surface area contributed by atoms with Gasteiger partial charge in [0.05, 0.1) is 18.9 Å². The Hall–Kier alpha value is -2.84. The van der Waals surface area contributed by atoms with Crippen molar-refractivity contribution in [3.63, 3.8) is 0 Å². The van der Waals surface area contributed by atoms with Crippen LogP contribution >= 0.6 is 0 Å². The van der Waals surface area contributed by atoms with E-state index in [1.54, 1.807) is 24.5 Å². The van der Waals surface area contributed by atoms with Gasteiger partial charge in [-0.25, -0.2) is 19.3 Å². The zero-order valence-electron chi connectivity index (χ0n) is 16.6. The normalized spacial score (nSPS) is 18.6. The van der Waals surface area contributed by atoms with E-state index in [9.17, 15) is 4.39 Å². The first-order valence-electron chi connectivity index (χ1n) is 10.4. The van der Waals surface area contributed by atoms with Crippen LogP contribution < -0.4 is 4.90 Å². The predicted octanol–water partition coefficient (Wildman–Crippen LogP) is 3.83. The van der Waals surface area contributed by atoms with Crippen molar-refractivity contribution in [3.05, 3.63) is 60.1 Å². The van der Waals surface area contributed by atoms with Crippen molar-refractivity contribution < 1.29 is 13.9 Å². The molecule has 2 fully saturated rings. The van der Waals surface area contributed by atoms with Crippen LogP contribution in [0.3, 0.4) is 0 Å². The molecule has 0 saturated carbocycles. The SMILES string of the molecule is Fc1ccc(-c2nc(C3OCCCO3)[nH]c2C2CCN(c3ncccn3)CC2)cc1. The molecule has 8 heteroatoms. The maximum Gasteiger partial charge on any atom is 0.225 e. The highest BCUT2D eigenvalue weighted by Gasteiger charge is 2.29. The zero-order chi connectivity index (χ0) is 20.3. The molecule has 1 N–H and O–H groups in total. The fourth-order valence-electron chi connectivity index (χ4n) is 4.11. The van der Waals surface area contributed by atoms with Gasteiger partial charge in [-0.3, -0.25) is 0 Å². The van der Waals surface area contributed by atoms with Crippen LogP contribution in [0.4, 0.5) is 10.3 Å². The van der Waals surface area contributed by atoms with E-state index in [4.69, 9.17) is 14.5 Å². The van der Waals surface area contributed by atoms with Crippen LogP contribution in [0.2, 0.25) is 0 Å². The van der Waals surface area contributed by atoms with Crippen molar-refractivity contribution in [3.8, 4) is 11.3 Å². The lowest BCUT2D eigenvalue weighted by Crippen LogP contribution is -2.34. The van der Waals surface area contributed by atoms with Gasteiger partial charge in [0.2, 0.25) is 12.2 Å². The van der Waals surface area contributed by atoms with E-state index in [0.29, 0.717) is 25.0 Å². The van der Waals surface area contributed by atoms with Crippen molar-refractivity contribution in [1.82, 2.24) is 19.9 Å². The van der Waals surface area contributed by atoms with Crippen LogP contribution in [-0.2, 0) is 9.47 Å². The van der Waals surface area contributed by atoms with Crippen molar-refractivity contribution in [1.29, 1.82) is 0 Å². The highest BCUT2D eigenvalue weighted by atomic mass is 19.1. The first kappa shape index (κ1) is 19.1. The summed E-state index contributed by atoms with van der Waals surface area (Å²) in [6.45, 7) is 3.04. The minimum Gasteiger partial charge on any atom is -0.346 e.